The summed E-state index contributed by atoms with van der Waals surface area (Å²) < 4.78 is 0. The largest absolute Gasteiger partial charge is 0.355 e. The molecule has 26 heavy (non-hydrogen) atoms. The fraction of sp³-hybridized carbons (Fsp3) is 0.0952. The van der Waals surface area contributed by atoms with Gasteiger partial charge in [-0.25, -0.2) is 0 Å². The summed E-state index contributed by atoms with van der Waals surface area (Å²) in [6.07, 6.45) is 1.57. The van der Waals surface area contributed by atoms with Gasteiger partial charge in [0.2, 0.25) is 0 Å². The van der Waals surface area contributed by atoms with Crippen LogP contribution < -0.4 is 10.6 Å². The molecule has 0 bridgehead atoms. The molecule has 0 aliphatic rings. The fourth-order valence-corrected chi connectivity index (χ4v) is 2.51. The molecular weight excluding hydrogens is 326 g/mol. The number of carbonyl (C=O) groups is 2. The molecule has 0 unspecified atom stereocenters. The minimum Gasteiger partial charge on any atom is -0.355 e. The number of aromatic nitrogens is 1. The highest BCUT2D eigenvalue weighted by Gasteiger charge is 2.10. The van der Waals surface area contributed by atoms with Crippen molar-refractivity contribution in [1.82, 2.24) is 4.98 Å². The molecule has 0 saturated heterocycles. The molecule has 0 aliphatic carbocycles. The van der Waals surface area contributed by atoms with Gasteiger partial charge in [-0.05, 0) is 49.7 Å². The highest BCUT2D eigenvalue weighted by molar-refractivity contribution is 6.03. The van der Waals surface area contributed by atoms with Gasteiger partial charge in [0.1, 0.15) is 5.69 Å². The van der Waals surface area contributed by atoms with Crippen LogP contribution in [0.1, 0.15) is 33.3 Å². The molecule has 0 spiro atoms. The SMILES string of the molecule is CC(=O)c1cccc(Nc2ccnc(C(=O)Nc3ccccc3C)c2)c1. The summed E-state index contributed by atoms with van der Waals surface area (Å²) in [7, 11) is 0. The standard InChI is InChI=1S/C21H19N3O2/c1-14-6-3-4-9-19(14)24-21(26)20-13-18(10-11-22-20)23-17-8-5-7-16(12-17)15(2)25/h3-13H,1-2H3,(H,22,23)(H,24,26). The average Bonchev–Trinajstić information content (AvgIpc) is 2.64. The van der Waals surface area contributed by atoms with Crippen molar-refractivity contribution < 1.29 is 9.59 Å². The Morgan fingerprint density at radius 1 is 0.923 bits per heavy atom. The third-order valence-electron chi connectivity index (χ3n) is 3.94. The van der Waals surface area contributed by atoms with Crippen LogP contribution >= 0.6 is 0 Å². The maximum Gasteiger partial charge on any atom is 0.274 e. The Bertz CT molecular complexity index is 967. The lowest BCUT2D eigenvalue weighted by Crippen LogP contribution is -2.14. The Labute approximate surface area is 152 Å². The number of Topliss-reactive ketones (excluding diaryl/α,β-unsaturated/α-hetero) is 1. The van der Waals surface area contributed by atoms with Crippen LogP contribution in [0.15, 0.2) is 66.9 Å². The number of benzene rings is 2. The van der Waals surface area contributed by atoms with Crippen LogP contribution in [-0.4, -0.2) is 16.7 Å². The normalized spacial score (nSPS) is 10.2. The molecule has 0 saturated carbocycles. The Morgan fingerprint density at radius 2 is 1.69 bits per heavy atom. The minimum atomic E-state index is -0.277. The van der Waals surface area contributed by atoms with Gasteiger partial charge in [0.15, 0.2) is 5.78 Å². The van der Waals surface area contributed by atoms with Crippen LogP contribution in [0.5, 0.6) is 0 Å². The van der Waals surface area contributed by atoms with Crippen molar-refractivity contribution in [3.05, 3.63) is 83.7 Å². The number of anilines is 3. The van der Waals surface area contributed by atoms with Gasteiger partial charge in [-0.15, -0.1) is 0 Å². The summed E-state index contributed by atoms with van der Waals surface area (Å²) in [5.74, 6) is -0.276. The smallest absolute Gasteiger partial charge is 0.274 e. The maximum absolute atomic E-state index is 12.5. The van der Waals surface area contributed by atoms with Crippen molar-refractivity contribution in [3.8, 4) is 0 Å². The molecule has 5 heteroatoms. The van der Waals surface area contributed by atoms with Gasteiger partial charge in [0, 0.05) is 28.8 Å². The molecule has 2 aromatic carbocycles. The number of ketones is 1. The summed E-state index contributed by atoms with van der Waals surface area (Å²) in [5, 5.41) is 6.07. The van der Waals surface area contributed by atoms with Crippen LogP contribution in [0.2, 0.25) is 0 Å². The summed E-state index contributed by atoms with van der Waals surface area (Å²) in [5.41, 5.74) is 4.16. The van der Waals surface area contributed by atoms with Crippen LogP contribution in [0, 0.1) is 6.92 Å². The van der Waals surface area contributed by atoms with Crippen molar-refractivity contribution in [2.45, 2.75) is 13.8 Å². The molecule has 0 aliphatic heterocycles. The van der Waals surface area contributed by atoms with E-state index in [1.807, 2.05) is 43.3 Å². The van der Waals surface area contributed by atoms with E-state index in [9.17, 15) is 9.59 Å². The van der Waals surface area contributed by atoms with E-state index in [0.29, 0.717) is 11.3 Å². The second-order valence-electron chi connectivity index (χ2n) is 5.96. The number of pyridine rings is 1. The van der Waals surface area contributed by atoms with Crippen molar-refractivity contribution in [1.29, 1.82) is 0 Å². The van der Waals surface area contributed by atoms with E-state index in [4.69, 9.17) is 0 Å². The zero-order chi connectivity index (χ0) is 18.5. The number of amides is 1. The van der Waals surface area contributed by atoms with Gasteiger partial charge in [-0.2, -0.15) is 0 Å². The summed E-state index contributed by atoms with van der Waals surface area (Å²) in [6, 6.07) is 18.2. The van der Waals surface area contributed by atoms with Crippen molar-refractivity contribution in [2.75, 3.05) is 10.6 Å². The van der Waals surface area contributed by atoms with E-state index >= 15 is 0 Å². The van der Waals surface area contributed by atoms with Crippen LogP contribution in [0.25, 0.3) is 0 Å². The van der Waals surface area contributed by atoms with E-state index in [0.717, 1.165) is 22.6 Å². The van der Waals surface area contributed by atoms with Gasteiger partial charge in [-0.1, -0.05) is 30.3 Å². The second-order valence-corrected chi connectivity index (χ2v) is 5.96. The predicted octanol–water partition coefficient (Wildman–Crippen LogP) is 4.59. The van der Waals surface area contributed by atoms with Gasteiger partial charge < -0.3 is 10.6 Å². The van der Waals surface area contributed by atoms with E-state index in [1.165, 1.54) is 6.92 Å². The van der Waals surface area contributed by atoms with E-state index in [2.05, 4.69) is 15.6 Å². The molecular formula is C21H19N3O2. The van der Waals surface area contributed by atoms with Crippen molar-refractivity contribution in [3.63, 3.8) is 0 Å². The zero-order valence-corrected chi connectivity index (χ0v) is 14.6. The number of aryl methyl sites for hydroxylation is 1. The Kier molecular flexibility index (Phi) is 5.08. The molecule has 1 heterocycles. The van der Waals surface area contributed by atoms with Crippen molar-refractivity contribution >= 4 is 28.8 Å². The molecule has 0 fully saturated rings. The first-order valence-electron chi connectivity index (χ1n) is 8.24. The third kappa shape index (κ3) is 4.13. The predicted molar refractivity (Wildman–Crippen MR) is 103 cm³/mol. The van der Waals surface area contributed by atoms with Crippen molar-refractivity contribution in [2.24, 2.45) is 0 Å². The van der Waals surface area contributed by atoms with Crippen LogP contribution in [0.3, 0.4) is 0 Å². The number of rotatable bonds is 5. The summed E-state index contributed by atoms with van der Waals surface area (Å²) in [6.45, 7) is 3.46. The molecule has 130 valence electrons. The average molecular weight is 345 g/mol. The first-order chi connectivity index (χ1) is 12.5. The quantitative estimate of drug-likeness (QED) is 0.664. The number of para-hydroxylation sites is 1. The second kappa shape index (κ2) is 7.61. The molecule has 0 atom stereocenters. The molecule has 1 amide bonds. The zero-order valence-electron chi connectivity index (χ0n) is 14.6. The molecule has 2 N–H and O–H groups in total. The number of nitrogens with zero attached hydrogens (tertiary/aromatic N) is 1. The fourth-order valence-electron chi connectivity index (χ4n) is 2.51. The molecule has 3 aromatic rings. The number of hydrogen-bond donors (Lipinski definition) is 2. The third-order valence-corrected chi connectivity index (χ3v) is 3.94. The molecule has 0 radical (unpaired) electrons. The molecule has 5 nitrogen and oxygen atoms in total. The summed E-state index contributed by atoms with van der Waals surface area (Å²) in [4.78, 5) is 28.1. The first kappa shape index (κ1) is 17.4. The monoisotopic (exact) mass is 345 g/mol. The highest BCUT2D eigenvalue weighted by Crippen LogP contribution is 2.19. The van der Waals surface area contributed by atoms with E-state index in [-0.39, 0.29) is 11.7 Å². The Balaban J connectivity index is 1.78. The van der Waals surface area contributed by atoms with E-state index in [1.54, 1.807) is 30.5 Å². The van der Waals surface area contributed by atoms with Gasteiger partial charge in [0.25, 0.3) is 5.91 Å². The highest BCUT2D eigenvalue weighted by atomic mass is 16.2. The van der Waals surface area contributed by atoms with Crippen LogP contribution in [0.4, 0.5) is 17.1 Å². The number of nitrogens with one attached hydrogen (secondary N) is 2. The topological polar surface area (TPSA) is 71.1 Å². The maximum atomic E-state index is 12.5. The minimum absolute atomic E-state index is 0.00155. The lowest BCUT2D eigenvalue weighted by atomic mass is 10.1. The van der Waals surface area contributed by atoms with Crippen LogP contribution in [-0.2, 0) is 0 Å². The molecule has 3 rings (SSSR count). The Morgan fingerprint density at radius 3 is 2.46 bits per heavy atom. The lowest BCUT2D eigenvalue weighted by Gasteiger charge is -2.10. The first-order valence-corrected chi connectivity index (χ1v) is 8.24. The van der Waals surface area contributed by atoms with Gasteiger partial charge in [-0.3, -0.25) is 14.6 Å². The van der Waals surface area contributed by atoms with E-state index < -0.39 is 0 Å². The summed E-state index contributed by atoms with van der Waals surface area (Å²) >= 11 is 0. The Hall–Kier alpha value is -3.47. The molecule has 1 aromatic heterocycles. The van der Waals surface area contributed by atoms with Gasteiger partial charge >= 0.3 is 0 Å². The number of hydrogen-bond acceptors (Lipinski definition) is 4. The number of carbonyl (C=O) groups excluding carboxylic acids is 2. The lowest BCUT2D eigenvalue weighted by molar-refractivity contribution is 0.101. The van der Waals surface area contributed by atoms with Gasteiger partial charge in [0.05, 0.1) is 0 Å².